The molecule has 4 heteroatoms. The van der Waals surface area contributed by atoms with Gasteiger partial charge in [0.25, 0.3) is 0 Å². The van der Waals surface area contributed by atoms with Crippen LogP contribution in [0.25, 0.3) is 0 Å². The minimum absolute atomic E-state index is 0.0323. The summed E-state index contributed by atoms with van der Waals surface area (Å²) in [7, 11) is 0. The topological polar surface area (TPSA) is 55.6 Å². The first-order chi connectivity index (χ1) is 9.13. The minimum Gasteiger partial charge on any atom is -0.374 e. The van der Waals surface area contributed by atoms with Crippen molar-refractivity contribution in [3.05, 3.63) is 0 Å². The maximum atomic E-state index is 13.0. The van der Waals surface area contributed by atoms with Crippen LogP contribution >= 0.6 is 0 Å². The Kier molecular flexibility index (Phi) is 3.56. The molecule has 0 bridgehead atoms. The molecule has 19 heavy (non-hydrogen) atoms. The normalized spacial score (nSPS) is 43.1. The van der Waals surface area contributed by atoms with Gasteiger partial charge < -0.3 is 15.4 Å². The summed E-state index contributed by atoms with van der Waals surface area (Å²) in [6.07, 6.45) is 7.95. The number of nitrogens with zero attached hydrogens (tertiary/aromatic N) is 1. The molecule has 2 saturated carbocycles. The molecule has 3 fully saturated rings. The monoisotopic (exact) mass is 266 g/mol. The minimum atomic E-state index is -0.334. The summed E-state index contributed by atoms with van der Waals surface area (Å²) in [5, 5.41) is 0. The second-order valence-electron chi connectivity index (χ2n) is 6.68. The lowest BCUT2D eigenvalue weighted by Crippen LogP contribution is -2.59. The first-order valence-electron chi connectivity index (χ1n) is 7.81. The van der Waals surface area contributed by atoms with Gasteiger partial charge in [0.2, 0.25) is 5.91 Å². The number of rotatable bonds is 1. The molecule has 1 amide bonds. The van der Waals surface area contributed by atoms with Crippen molar-refractivity contribution in [2.45, 2.75) is 70.1 Å². The molecule has 4 unspecified atom stereocenters. The molecular formula is C15H26N2O2. The van der Waals surface area contributed by atoms with Crippen LogP contribution in [-0.4, -0.2) is 42.1 Å². The zero-order chi connectivity index (χ0) is 13.5. The highest BCUT2D eigenvalue weighted by Crippen LogP contribution is 2.40. The Morgan fingerprint density at radius 3 is 2.79 bits per heavy atom. The van der Waals surface area contributed by atoms with Crippen molar-refractivity contribution < 1.29 is 9.53 Å². The van der Waals surface area contributed by atoms with Crippen molar-refractivity contribution in [2.75, 3.05) is 13.2 Å². The van der Waals surface area contributed by atoms with Gasteiger partial charge in [-0.25, -0.2) is 0 Å². The van der Waals surface area contributed by atoms with E-state index in [2.05, 4.69) is 11.8 Å². The van der Waals surface area contributed by atoms with Crippen LogP contribution in [0.2, 0.25) is 0 Å². The van der Waals surface area contributed by atoms with E-state index in [4.69, 9.17) is 10.5 Å². The standard InChI is InChI=1S/C15H26N2O2/c1-15(8-4-7-13(15)16)14(18)17-9-10-19-12-6-3-2-5-11(12)17/h11-13H,2-10,16H2,1H3. The molecule has 1 heterocycles. The summed E-state index contributed by atoms with van der Waals surface area (Å²) < 4.78 is 5.86. The molecule has 3 aliphatic rings. The second-order valence-corrected chi connectivity index (χ2v) is 6.68. The largest absolute Gasteiger partial charge is 0.374 e. The van der Waals surface area contributed by atoms with Gasteiger partial charge in [-0.1, -0.05) is 19.3 Å². The van der Waals surface area contributed by atoms with Crippen molar-refractivity contribution in [1.29, 1.82) is 0 Å². The Hall–Kier alpha value is -0.610. The van der Waals surface area contributed by atoms with E-state index in [0.717, 1.165) is 38.6 Å². The Labute approximate surface area is 115 Å². The number of hydrogen-bond donors (Lipinski definition) is 1. The van der Waals surface area contributed by atoms with Gasteiger partial charge in [0.1, 0.15) is 0 Å². The number of hydrogen-bond acceptors (Lipinski definition) is 3. The highest BCUT2D eigenvalue weighted by molar-refractivity contribution is 5.84. The molecule has 3 rings (SSSR count). The van der Waals surface area contributed by atoms with E-state index in [1.807, 2.05) is 0 Å². The van der Waals surface area contributed by atoms with Gasteiger partial charge in [-0.2, -0.15) is 0 Å². The molecule has 2 N–H and O–H groups in total. The number of nitrogens with two attached hydrogens (primary N) is 1. The van der Waals surface area contributed by atoms with Crippen molar-refractivity contribution in [3.63, 3.8) is 0 Å². The van der Waals surface area contributed by atoms with Crippen LogP contribution in [0.5, 0.6) is 0 Å². The van der Waals surface area contributed by atoms with E-state index >= 15 is 0 Å². The zero-order valence-electron chi connectivity index (χ0n) is 11.9. The molecular weight excluding hydrogens is 240 g/mol. The molecule has 0 spiro atoms. The lowest BCUT2D eigenvalue weighted by molar-refractivity contribution is -0.159. The average molecular weight is 266 g/mol. The van der Waals surface area contributed by atoms with Gasteiger partial charge >= 0.3 is 0 Å². The predicted molar refractivity (Wildman–Crippen MR) is 73.6 cm³/mol. The lowest BCUT2D eigenvalue weighted by Gasteiger charge is -2.47. The molecule has 0 aromatic rings. The second kappa shape index (κ2) is 5.06. The number of fused-ring (bicyclic) bond motifs is 1. The van der Waals surface area contributed by atoms with Crippen LogP contribution in [0.4, 0.5) is 0 Å². The summed E-state index contributed by atoms with van der Waals surface area (Å²) >= 11 is 0. The Balaban J connectivity index is 1.78. The van der Waals surface area contributed by atoms with Crippen molar-refractivity contribution in [1.82, 2.24) is 4.90 Å². The van der Waals surface area contributed by atoms with E-state index < -0.39 is 0 Å². The van der Waals surface area contributed by atoms with Crippen molar-refractivity contribution in [3.8, 4) is 0 Å². The van der Waals surface area contributed by atoms with Gasteiger partial charge in [-0.15, -0.1) is 0 Å². The van der Waals surface area contributed by atoms with Gasteiger partial charge in [0.05, 0.1) is 24.2 Å². The van der Waals surface area contributed by atoms with Crippen LogP contribution in [0.1, 0.15) is 51.9 Å². The molecule has 1 aliphatic heterocycles. The highest BCUT2D eigenvalue weighted by Gasteiger charge is 2.48. The van der Waals surface area contributed by atoms with E-state index in [1.54, 1.807) is 0 Å². The summed E-state index contributed by atoms with van der Waals surface area (Å²) in [6, 6.07) is 0.338. The highest BCUT2D eigenvalue weighted by atomic mass is 16.5. The number of carbonyl (C=O) groups is 1. The molecule has 4 atom stereocenters. The molecule has 4 nitrogen and oxygen atoms in total. The molecule has 0 aromatic heterocycles. The summed E-state index contributed by atoms with van der Waals surface area (Å²) in [4.78, 5) is 15.1. The van der Waals surface area contributed by atoms with E-state index in [9.17, 15) is 4.79 Å². The Bertz CT molecular complexity index is 358. The van der Waals surface area contributed by atoms with Crippen LogP contribution in [0.3, 0.4) is 0 Å². The number of carbonyl (C=O) groups excluding carboxylic acids is 1. The average Bonchev–Trinajstić information content (AvgIpc) is 2.78. The molecule has 2 aliphatic carbocycles. The third-order valence-corrected chi connectivity index (χ3v) is 5.51. The summed E-state index contributed by atoms with van der Waals surface area (Å²) in [5.41, 5.74) is 5.88. The molecule has 1 saturated heterocycles. The summed E-state index contributed by atoms with van der Waals surface area (Å²) in [5.74, 6) is 0.290. The first-order valence-corrected chi connectivity index (χ1v) is 7.81. The van der Waals surface area contributed by atoms with Crippen LogP contribution in [0, 0.1) is 5.41 Å². The maximum absolute atomic E-state index is 13.0. The number of amides is 1. The van der Waals surface area contributed by atoms with E-state index in [1.165, 1.54) is 12.8 Å². The fraction of sp³-hybridized carbons (Fsp3) is 0.933. The third-order valence-electron chi connectivity index (χ3n) is 5.51. The fourth-order valence-corrected chi connectivity index (χ4v) is 4.14. The lowest BCUT2D eigenvalue weighted by atomic mass is 9.81. The fourth-order valence-electron chi connectivity index (χ4n) is 4.14. The van der Waals surface area contributed by atoms with Crippen molar-refractivity contribution >= 4 is 5.91 Å². The van der Waals surface area contributed by atoms with Gasteiger partial charge in [0, 0.05) is 12.6 Å². The van der Waals surface area contributed by atoms with Crippen LogP contribution in [0.15, 0.2) is 0 Å². The smallest absolute Gasteiger partial charge is 0.230 e. The van der Waals surface area contributed by atoms with Crippen LogP contribution < -0.4 is 5.73 Å². The quantitative estimate of drug-likeness (QED) is 0.785. The third kappa shape index (κ3) is 2.19. The van der Waals surface area contributed by atoms with E-state index in [0.29, 0.717) is 12.6 Å². The SMILES string of the molecule is CC1(C(=O)N2CCOC3CCCCC32)CCCC1N. The first kappa shape index (κ1) is 13.4. The zero-order valence-corrected chi connectivity index (χ0v) is 11.9. The van der Waals surface area contributed by atoms with Gasteiger partial charge in [-0.05, 0) is 32.6 Å². The van der Waals surface area contributed by atoms with E-state index in [-0.39, 0.29) is 23.5 Å². The van der Waals surface area contributed by atoms with Gasteiger partial charge in [-0.3, -0.25) is 4.79 Å². The Morgan fingerprint density at radius 1 is 1.26 bits per heavy atom. The number of morpholine rings is 1. The molecule has 0 aromatic carbocycles. The predicted octanol–water partition coefficient (Wildman–Crippen LogP) is 1.67. The van der Waals surface area contributed by atoms with Gasteiger partial charge in [0.15, 0.2) is 0 Å². The molecule has 0 radical (unpaired) electrons. The molecule has 108 valence electrons. The Morgan fingerprint density at radius 2 is 2.05 bits per heavy atom. The van der Waals surface area contributed by atoms with Crippen molar-refractivity contribution in [2.24, 2.45) is 11.1 Å². The summed E-state index contributed by atoms with van der Waals surface area (Å²) in [6.45, 7) is 3.51. The maximum Gasteiger partial charge on any atom is 0.230 e. The van der Waals surface area contributed by atoms with Crippen LogP contribution in [-0.2, 0) is 9.53 Å². The number of ether oxygens (including phenoxy) is 1.